The maximum Gasteiger partial charge on any atom is 0.226 e. The van der Waals surface area contributed by atoms with Crippen LogP contribution in [0.4, 0.5) is 0 Å². The standard InChI is InChI=1S/C16H13IN2O2/c1-11-14(15(17)21-13-8-5-9-18-10-13)19-16(20-11)12-6-3-2-4-7-12/h2-10,15H,1H3. The number of aromatic nitrogens is 2. The van der Waals surface area contributed by atoms with Crippen molar-refractivity contribution in [2.75, 3.05) is 0 Å². The van der Waals surface area contributed by atoms with Gasteiger partial charge in [-0.15, -0.1) is 0 Å². The van der Waals surface area contributed by atoms with Crippen molar-refractivity contribution in [3.63, 3.8) is 0 Å². The zero-order valence-corrected chi connectivity index (χ0v) is 13.5. The maximum atomic E-state index is 5.83. The van der Waals surface area contributed by atoms with Crippen LogP contribution in [0.2, 0.25) is 0 Å². The summed E-state index contributed by atoms with van der Waals surface area (Å²) in [6, 6.07) is 13.5. The first-order valence-electron chi connectivity index (χ1n) is 6.47. The number of alkyl halides is 1. The Morgan fingerprint density at radius 1 is 1.14 bits per heavy atom. The molecule has 106 valence electrons. The molecule has 3 rings (SSSR count). The number of pyridine rings is 1. The third-order valence-electron chi connectivity index (χ3n) is 2.94. The predicted octanol–water partition coefficient (Wildman–Crippen LogP) is 4.56. The van der Waals surface area contributed by atoms with Crippen molar-refractivity contribution in [2.24, 2.45) is 0 Å². The Hall–Kier alpha value is -1.89. The summed E-state index contributed by atoms with van der Waals surface area (Å²) < 4.78 is 11.4. The predicted molar refractivity (Wildman–Crippen MR) is 88.3 cm³/mol. The molecule has 21 heavy (non-hydrogen) atoms. The Labute approximate surface area is 136 Å². The molecule has 0 N–H and O–H groups in total. The van der Waals surface area contributed by atoms with E-state index in [1.807, 2.05) is 49.4 Å². The highest BCUT2D eigenvalue weighted by molar-refractivity contribution is 14.1. The third-order valence-corrected chi connectivity index (χ3v) is 3.79. The number of rotatable bonds is 4. The lowest BCUT2D eigenvalue weighted by Gasteiger charge is -2.10. The molecular formula is C16H13IN2O2. The molecule has 0 spiro atoms. The molecule has 1 unspecified atom stereocenters. The van der Waals surface area contributed by atoms with E-state index in [-0.39, 0.29) is 4.11 Å². The van der Waals surface area contributed by atoms with E-state index in [0.29, 0.717) is 11.6 Å². The molecule has 0 saturated heterocycles. The van der Waals surface area contributed by atoms with Crippen LogP contribution in [0, 0.1) is 6.92 Å². The lowest BCUT2D eigenvalue weighted by Crippen LogP contribution is -2.02. The summed E-state index contributed by atoms with van der Waals surface area (Å²) in [7, 11) is 0. The van der Waals surface area contributed by atoms with Gasteiger partial charge in [0.2, 0.25) is 5.89 Å². The highest BCUT2D eigenvalue weighted by Gasteiger charge is 2.19. The van der Waals surface area contributed by atoms with Crippen molar-refractivity contribution in [1.29, 1.82) is 0 Å². The topological polar surface area (TPSA) is 48.2 Å². The molecule has 5 heteroatoms. The van der Waals surface area contributed by atoms with E-state index >= 15 is 0 Å². The molecule has 1 aromatic carbocycles. The molecule has 1 atom stereocenters. The van der Waals surface area contributed by atoms with Gasteiger partial charge in [-0.2, -0.15) is 0 Å². The number of ether oxygens (including phenoxy) is 1. The van der Waals surface area contributed by atoms with Crippen molar-refractivity contribution in [3.05, 3.63) is 66.3 Å². The fourth-order valence-corrected chi connectivity index (χ4v) is 2.79. The first-order valence-corrected chi connectivity index (χ1v) is 7.72. The minimum Gasteiger partial charge on any atom is -0.472 e. The fraction of sp³-hybridized carbons (Fsp3) is 0.125. The number of halogens is 1. The zero-order chi connectivity index (χ0) is 14.7. The smallest absolute Gasteiger partial charge is 0.226 e. The first-order chi connectivity index (χ1) is 10.2. The van der Waals surface area contributed by atoms with Crippen LogP contribution < -0.4 is 4.74 Å². The monoisotopic (exact) mass is 392 g/mol. The van der Waals surface area contributed by atoms with Gasteiger partial charge in [0, 0.05) is 11.8 Å². The molecule has 2 heterocycles. The van der Waals surface area contributed by atoms with Gasteiger partial charge in [-0.25, -0.2) is 4.98 Å². The lowest BCUT2D eigenvalue weighted by atomic mass is 10.2. The second kappa shape index (κ2) is 6.26. The molecule has 0 fully saturated rings. The highest BCUT2D eigenvalue weighted by Crippen LogP contribution is 2.31. The molecule has 0 radical (unpaired) electrons. The molecule has 2 aromatic heterocycles. The fourth-order valence-electron chi connectivity index (χ4n) is 1.92. The largest absolute Gasteiger partial charge is 0.472 e. The molecule has 0 amide bonds. The van der Waals surface area contributed by atoms with Crippen LogP contribution in [0.15, 0.2) is 59.3 Å². The number of nitrogens with zero attached hydrogens (tertiary/aromatic N) is 2. The van der Waals surface area contributed by atoms with E-state index < -0.39 is 0 Å². The molecule has 0 bridgehead atoms. The van der Waals surface area contributed by atoms with Crippen LogP contribution in [0.1, 0.15) is 15.6 Å². The van der Waals surface area contributed by atoms with E-state index in [0.717, 1.165) is 17.0 Å². The van der Waals surface area contributed by atoms with Gasteiger partial charge in [-0.3, -0.25) is 4.98 Å². The highest BCUT2D eigenvalue weighted by atomic mass is 127. The number of benzene rings is 1. The quantitative estimate of drug-likeness (QED) is 0.483. The van der Waals surface area contributed by atoms with Crippen molar-refractivity contribution in [2.45, 2.75) is 11.0 Å². The minimum atomic E-state index is -0.229. The molecule has 4 nitrogen and oxygen atoms in total. The average Bonchev–Trinajstić information content (AvgIpc) is 2.91. The molecule has 0 saturated carbocycles. The number of oxazole rings is 1. The van der Waals surface area contributed by atoms with Gasteiger partial charge in [0.15, 0.2) is 4.11 Å². The number of aryl methyl sites for hydroxylation is 1. The average molecular weight is 392 g/mol. The molecular weight excluding hydrogens is 379 g/mol. The third kappa shape index (κ3) is 3.24. The van der Waals surface area contributed by atoms with Crippen LogP contribution in [-0.4, -0.2) is 9.97 Å². The summed E-state index contributed by atoms with van der Waals surface area (Å²) in [5.41, 5.74) is 1.75. The Morgan fingerprint density at radius 3 is 2.67 bits per heavy atom. The maximum absolute atomic E-state index is 5.83. The van der Waals surface area contributed by atoms with Crippen molar-refractivity contribution >= 4 is 22.6 Å². The molecule has 0 aliphatic rings. The summed E-state index contributed by atoms with van der Waals surface area (Å²) >= 11 is 2.20. The van der Waals surface area contributed by atoms with E-state index in [4.69, 9.17) is 9.15 Å². The summed E-state index contributed by atoms with van der Waals surface area (Å²) in [6.45, 7) is 1.90. The van der Waals surface area contributed by atoms with E-state index in [9.17, 15) is 0 Å². The van der Waals surface area contributed by atoms with Crippen LogP contribution in [-0.2, 0) is 0 Å². The van der Waals surface area contributed by atoms with Crippen LogP contribution >= 0.6 is 22.6 Å². The Morgan fingerprint density at radius 2 is 1.95 bits per heavy atom. The molecule has 0 aliphatic carbocycles. The van der Waals surface area contributed by atoms with Crippen molar-refractivity contribution in [3.8, 4) is 17.2 Å². The van der Waals surface area contributed by atoms with Gasteiger partial charge in [-0.05, 0) is 53.8 Å². The summed E-state index contributed by atoms with van der Waals surface area (Å²) in [5, 5.41) is 0. The lowest BCUT2D eigenvalue weighted by molar-refractivity contribution is 0.302. The van der Waals surface area contributed by atoms with Gasteiger partial charge in [-0.1, -0.05) is 18.2 Å². The zero-order valence-electron chi connectivity index (χ0n) is 11.4. The second-order valence-electron chi connectivity index (χ2n) is 4.45. The first kappa shape index (κ1) is 14.1. The summed E-state index contributed by atoms with van der Waals surface area (Å²) in [4.78, 5) is 8.59. The van der Waals surface area contributed by atoms with Crippen LogP contribution in [0.3, 0.4) is 0 Å². The van der Waals surface area contributed by atoms with Crippen LogP contribution in [0.25, 0.3) is 11.5 Å². The van der Waals surface area contributed by atoms with Crippen molar-refractivity contribution in [1.82, 2.24) is 9.97 Å². The van der Waals surface area contributed by atoms with Crippen molar-refractivity contribution < 1.29 is 9.15 Å². The van der Waals surface area contributed by atoms with Gasteiger partial charge >= 0.3 is 0 Å². The van der Waals surface area contributed by atoms with E-state index in [2.05, 4.69) is 32.6 Å². The Balaban J connectivity index is 1.84. The Kier molecular flexibility index (Phi) is 4.19. The number of hydrogen-bond acceptors (Lipinski definition) is 4. The molecule has 0 aliphatic heterocycles. The van der Waals surface area contributed by atoms with E-state index in [1.54, 1.807) is 12.4 Å². The van der Waals surface area contributed by atoms with Gasteiger partial charge < -0.3 is 9.15 Å². The van der Waals surface area contributed by atoms with Crippen LogP contribution in [0.5, 0.6) is 5.75 Å². The van der Waals surface area contributed by atoms with Gasteiger partial charge in [0.1, 0.15) is 17.2 Å². The summed E-state index contributed by atoms with van der Waals surface area (Å²) in [6.07, 6.45) is 3.39. The second-order valence-corrected chi connectivity index (χ2v) is 5.58. The van der Waals surface area contributed by atoms with E-state index in [1.165, 1.54) is 0 Å². The molecule has 3 aromatic rings. The normalized spacial score (nSPS) is 12.1. The Bertz CT molecular complexity index is 714. The summed E-state index contributed by atoms with van der Waals surface area (Å²) in [5.74, 6) is 2.08. The van der Waals surface area contributed by atoms with Gasteiger partial charge in [0.25, 0.3) is 0 Å². The SMILES string of the molecule is Cc1oc(-c2ccccc2)nc1C(I)Oc1cccnc1. The van der Waals surface area contributed by atoms with Gasteiger partial charge in [0.05, 0.1) is 6.20 Å². The minimum absolute atomic E-state index is 0.229. The number of hydrogen-bond donors (Lipinski definition) is 0.